The molecule has 0 bridgehead atoms. The van der Waals surface area contributed by atoms with E-state index >= 15 is 0 Å². The molecule has 2 heterocycles. The average molecular weight is 409 g/mol. The van der Waals surface area contributed by atoms with Crippen molar-refractivity contribution in [2.24, 2.45) is 0 Å². The molecule has 0 atom stereocenters. The summed E-state index contributed by atoms with van der Waals surface area (Å²) in [4.78, 5) is 16.1. The molecule has 2 aliphatic heterocycles. The first-order chi connectivity index (χ1) is 13.2. The molecule has 3 rings (SSSR count). The topological polar surface area (TPSA) is 62.1 Å². The zero-order valence-corrected chi connectivity index (χ0v) is 18.2. The number of hydrogen-bond acceptors (Lipinski definition) is 3. The van der Waals surface area contributed by atoms with E-state index in [1.807, 2.05) is 17.0 Å². The predicted molar refractivity (Wildman–Crippen MR) is 110 cm³/mol. The molecule has 1 amide bonds. The van der Waals surface area contributed by atoms with E-state index in [4.69, 9.17) is 0 Å². The molecule has 1 aromatic rings. The van der Waals surface area contributed by atoms with Gasteiger partial charge in [-0.05, 0) is 42.4 Å². The lowest BCUT2D eigenvalue weighted by Crippen LogP contribution is -3.13. The number of rotatable bonds is 4. The Bertz CT molecular complexity index is 770. The lowest BCUT2D eigenvalue weighted by atomic mass is 9.87. The number of amides is 1. The van der Waals surface area contributed by atoms with Crippen molar-refractivity contribution in [2.75, 3.05) is 45.8 Å². The summed E-state index contributed by atoms with van der Waals surface area (Å²) in [6.45, 7) is 10.7. The second-order valence-electron chi connectivity index (χ2n) is 9.05. The van der Waals surface area contributed by atoms with Gasteiger partial charge < -0.3 is 9.80 Å². The molecule has 7 heteroatoms. The molecule has 2 saturated heterocycles. The second kappa shape index (κ2) is 8.51. The third-order valence-corrected chi connectivity index (χ3v) is 7.82. The van der Waals surface area contributed by atoms with E-state index in [1.165, 1.54) is 28.5 Å². The van der Waals surface area contributed by atoms with E-state index < -0.39 is 10.0 Å². The molecule has 2 fully saturated rings. The number of quaternary nitrogens is 1. The maximum absolute atomic E-state index is 13.0. The Morgan fingerprint density at radius 1 is 0.964 bits per heavy atom. The normalized spacial score (nSPS) is 20.3. The third-order valence-electron chi connectivity index (χ3n) is 5.91. The van der Waals surface area contributed by atoms with Gasteiger partial charge in [-0.3, -0.25) is 4.79 Å². The maximum Gasteiger partial charge on any atom is 0.277 e. The van der Waals surface area contributed by atoms with Gasteiger partial charge in [-0.25, -0.2) is 8.42 Å². The molecule has 0 radical (unpaired) electrons. The number of hydrogen-bond donors (Lipinski definition) is 1. The fourth-order valence-electron chi connectivity index (χ4n) is 4.01. The first kappa shape index (κ1) is 21.3. The Labute approximate surface area is 169 Å². The molecule has 156 valence electrons. The molecule has 0 unspecified atom stereocenters. The Kier molecular flexibility index (Phi) is 6.47. The summed E-state index contributed by atoms with van der Waals surface area (Å²) >= 11 is 0. The van der Waals surface area contributed by atoms with Crippen LogP contribution in [0, 0.1) is 0 Å². The fraction of sp³-hybridized carbons (Fsp3) is 0.667. The SMILES string of the molecule is CC(C)(C)c1ccc(S(=O)(=O)N2CCN(C(=O)C[NH+]3CCCCC3)CC2)cc1. The molecular formula is C21H34N3O3S+. The fourth-order valence-corrected chi connectivity index (χ4v) is 5.43. The van der Waals surface area contributed by atoms with Gasteiger partial charge in [0.2, 0.25) is 10.0 Å². The highest BCUT2D eigenvalue weighted by molar-refractivity contribution is 7.89. The van der Waals surface area contributed by atoms with Crippen molar-refractivity contribution < 1.29 is 18.1 Å². The number of likely N-dealkylation sites (tertiary alicyclic amines) is 1. The van der Waals surface area contributed by atoms with Crippen molar-refractivity contribution in [1.29, 1.82) is 0 Å². The van der Waals surface area contributed by atoms with E-state index in [9.17, 15) is 13.2 Å². The van der Waals surface area contributed by atoms with E-state index in [0.717, 1.165) is 18.7 Å². The quantitative estimate of drug-likeness (QED) is 0.805. The van der Waals surface area contributed by atoms with Crippen molar-refractivity contribution in [3.05, 3.63) is 29.8 Å². The second-order valence-corrected chi connectivity index (χ2v) is 11.0. The lowest BCUT2D eigenvalue weighted by Gasteiger charge is -2.35. The average Bonchev–Trinajstić information content (AvgIpc) is 2.68. The summed E-state index contributed by atoms with van der Waals surface area (Å²) in [5.41, 5.74) is 1.10. The molecular weight excluding hydrogens is 374 g/mol. The van der Waals surface area contributed by atoms with Gasteiger partial charge in [-0.2, -0.15) is 4.31 Å². The Hall–Kier alpha value is -1.44. The van der Waals surface area contributed by atoms with E-state index in [-0.39, 0.29) is 11.3 Å². The van der Waals surface area contributed by atoms with E-state index in [1.54, 1.807) is 12.1 Å². The highest BCUT2D eigenvalue weighted by Gasteiger charge is 2.31. The van der Waals surface area contributed by atoms with Crippen LogP contribution in [0.25, 0.3) is 0 Å². The van der Waals surface area contributed by atoms with Gasteiger partial charge in [0.1, 0.15) is 0 Å². The number of sulfonamides is 1. The van der Waals surface area contributed by atoms with Crippen LogP contribution in [0.15, 0.2) is 29.2 Å². The number of benzene rings is 1. The number of piperazine rings is 1. The van der Waals surface area contributed by atoms with Gasteiger partial charge in [-0.15, -0.1) is 0 Å². The highest BCUT2D eigenvalue weighted by Crippen LogP contribution is 2.25. The summed E-state index contributed by atoms with van der Waals surface area (Å²) in [7, 11) is -3.51. The smallest absolute Gasteiger partial charge is 0.277 e. The minimum atomic E-state index is -3.51. The van der Waals surface area contributed by atoms with Crippen molar-refractivity contribution in [1.82, 2.24) is 9.21 Å². The van der Waals surface area contributed by atoms with Crippen LogP contribution in [0.4, 0.5) is 0 Å². The van der Waals surface area contributed by atoms with Crippen LogP contribution >= 0.6 is 0 Å². The van der Waals surface area contributed by atoms with Crippen molar-refractivity contribution in [3.63, 3.8) is 0 Å². The number of carbonyl (C=O) groups excluding carboxylic acids is 1. The van der Waals surface area contributed by atoms with Gasteiger partial charge in [0.25, 0.3) is 5.91 Å². The van der Waals surface area contributed by atoms with Gasteiger partial charge in [0.05, 0.1) is 18.0 Å². The van der Waals surface area contributed by atoms with Gasteiger partial charge in [0, 0.05) is 26.2 Å². The zero-order valence-electron chi connectivity index (χ0n) is 17.4. The Morgan fingerprint density at radius 2 is 1.54 bits per heavy atom. The summed E-state index contributed by atoms with van der Waals surface area (Å²) in [5.74, 6) is 0.156. The minimum absolute atomic E-state index is 0.00930. The number of nitrogens with zero attached hydrogens (tertiary/aromatic N) is 2. The number of carbonyl (C=O) groups is 1. The van der Waals surface area contributed by atoms with Crippen LogP contribution < -0.4 is 4.90 Å². The van der Waals surface area contributed by atoms with E-state index in [0.29, 0.717) is 37.6 Å². The van der Waals surface area contributed by atoms with Crippen molar-refractivity contribution >= 4 is 15.9 Å². The highest BCUT2D eigenvalue weighted by atomic mass is 32.2. The molecule has 6 nitrogen and oxygen atoms in total. The minimum Gasteiger partial charge on any atom is -0.335 e. The first-order valence-electron chi connectivity index (χ1n) is 10.4. The zero-order chi connectivity index (χ0) is 20.4. The molecule has 0 spiro atoms. The molecule has 1 N–H and O–H groups in total. The molecule has 1 aromatic carbocycles. The van der Waals surface area contributed by atoms with Crippen LogP contribution in [0.1, 0.15) is 45.6 Å². The predicted octanol–water partition coefficient (Wildman–Crippen LogP) is 0.886. The van der Waals surface area contributed by atoms with Gasteiger partial charge in [0.15, 0.2) is 6.54 Å². The van der Waals surface area contributed by atoms with Crippen molar-refractivity contribution in [2.45, 2.75) is 50.3 Å². The summed E-state index contributed by atoms with van der Waals surface area (Å²) in [6, 6.07) is 7.20. The molecule has 0 saturated carbocycles. The molecule has 0 aliphatic carbocycles. The monoisotopic (exact) mass is 408 g/mol. The number of piperidine rings is 1. The summed E-state index contributed by atoms with van der Waals surface area (Å²) in [6.07, 6.45) is 3.66. The van der Waals surface area contributed by atoms with E-state index in [2.05, 4.69) is 20.8 Å². The lowest BCUT2D eigenvalue weighted by molar-refractivity contribution is -0.897. The molecule has 0 aromatic heterocycles. The Morgan fingerprint density at radius 3 is 2.07 bits per heavy atom. The summed E-state index contributed by atoms with van der Waals surface area (Å²) in [5, 5.41) is 0. The first-order valence-corrected chi connectivity index (χ1v) is 11.8. The Balaban J connectivity index is 1.58. The molecule has 2 aliphatic rings. The van der Waals surface area contributed by atoms with Crippen LogP contribution in [0.5, 0.6) is 0 Å². The van der Waals surface area contributed by atoms with Crippen LogP contribution in [-0.4, -0.2) is 69.3 Å². The largest absolute Gasteiger partial charge is 0.335 e. The maximum atomic E-state index is 13.0. The molecule has 28 heavy (non-hydrogen) atoms. The number of nitrogens with one attached hydrogen (secondary N) is 1. The van der Waals surface area contributed by atoms with Crippen LogP contribution in [0.2, 0.25) is 0 Å². The van der Waals surface area contributed by atoms with Gasteiger partial charge >= 0.3 is 0 Å². The third kappa shape index (κ3) is 4.93. The van der Waals surface area contributed by atoms with Crippen LogP contribution in [-0.2, 0) is 20.2 Å². The van der Waals surface area contributed by atoms with Crippen molar-refractivity contribution in [3.8, 4) is 0 Å². The van der Waals surface area contributed by atoms with Gasteiger partial charge in [-0.1, -0.05) is 32.9 Å². The van der Waals surface area contributed by atoms with Crippen LogP contribution in [0.3, 0.4) is 0 Å². The summed E-state index contributed by atoms with van der Waals surface area (Å²) < 4.78 is 27.4. The standard InChI is InChI=1S/C21H33N3O3S/c1-21(2,3)18-7-9-19(10-8-18)28(26,27)24-15-13-23(14-16-24)20(25)17-22-11-5-4-6-12-22/h7-10H,4-6,11-17H2,1-3H3/p+1.